The fraction of sp³-hybridized carbons (Fsp3) is 0.400. The average Bonchev–Trinajstić information content (AvgIpc) is 2.27. The van der Waals surface area contributed by atoms with Crippen molar-refractivity contribution < 1.29 is 27.5 Å². The van der Waals surface area contributed by atoms with Crippen molar-refractivity contribution in [3.8, 4) is 0 Å². The van der Waals surface area contributed by atoms with Gasteiger partial charge in [-0.1, -0.05) is 13.2 Å². The van der Waals surface area contributed by atoms with Crippen molar-refractivity contribution in [1.29, 1.82) is 0 Å². The number of carbonyl (C=O) groups excluding carboxylic acids is 2. The van der Waals surface area contributed by atoms with E-state index in [0.29, 0.717) is 0 Å². The fourth-order valence-electron chi connectivity index (χ4n) is 0.758. The minimum Gasteiger partial charge on any atom is -0.461 e. The number of ether oxygens (including phenoxy) is 2. The van der Waals surface area contributed by atoms with E-state index in [1.165, 1.54) is 0 Å². The zero-order valence-corrected chi connectivity index (χ0v) is 13.1. The summed E-state index contributed by atoms with van der Waals surface area (Å²) in [6.45, 7) is 5.83. The molecular formula is C10H14NaO6S. The van der Waals surface area contributed by atoms with Crippen LogP contribution in [0, 0.1) is 0 Å². The monoisotopic (exact) mass is 285 g/mol. The molecule has 0 aromatic rings. The van der Waals surface area contributed by atoms with Gasteiger partial charge in [-0.3, -0.25) is 0 Å². The van der Waals surface area contributed by atoms with Crippen LogP contribution in [0.4, 0.5) is 0 Å². The molecule has 1 radical (unpaired) electrons. The van der Waals surface area contributed by atoms with Crippen LogP contribution in [-0.4, -0.2) is 74.6 Å². The summed E-state index contributed by atoms with van der Waals surface area (Å²) in [5, 5.41) is 0. The molecule has 0 heterocycles. The van der Waals surface area contributed by atoms with Crippen LogP contribution in [0.15, 0.2) is 25.3 Å². The Morgan fingerprint density at radius 1 is 0.944 bits per heavy atom. The van der Waals surface area contributed by atoms with E-state index >= 15 is 0 Å². The van der Waals surface area contributed by atoms with Gasteiger partial charge in [-0.15, -0.1) is 0 Å². The van der Waals surface area contributed by atoms with Gasteiger partial charge in [0.1, 0.15) is 13.2 Å². The summed E-state index contributed by atoms with van der Waals surface area (Å²) in [7, 11) is -3.41. The van der Waals surface area contributed by atoms with Crippen molar-refractivity contribution in [1.82, 2.24) is 0 Å². The topological polar surface area (TPSA) is 86.7 Å². The molecule has 0 saturated heterocycles. The SMILES string of the molecule is C=CC(=O)OCCS(=O)(=O)CCOC(=O)C=C.[Na]. The summed E-state index contributed by atoms with van der Waals surface area (Å²) < 4.78 is 31.7. The molecule has 0 aromatic carbocycles. The standard InChI is InChI=1S/C10H14O6S.Na/c1-3-9(11)15-5-7-17(13,14)8-6-16-10(12)4-2;/h3-4H,1-2,5-8H2;. The molecule has 0 N–H and O–H groups in total. The van der Waals surface area contributed by atoms with Gasteiger partial charge in [-0.05, 0) is 0 Å². The Hall–Kier alpha value is -0.630. The van der Waals surface area contributed by atoms with Crippen molar-refractivity contribution in [3.63, 3.8) is 0 Å². The summed E-state index contributed by atoms with van der Waals surface area (Å²) >= 11 is 0. The summed E-state index contributed by atoms with van der Waals surface area (Å²) in [5.74, 6) is -2.01. The Morgan fingerprint density at radius 3 is 1.56 bits per heavy atom. The summed E-state index contributed by atoms with van der Waals surface area (Å²) in [4.78, 5) is 21.2. The van der Waals surface area contributed by atoms with Gasteiger partial charge in [0.05, 0.1) is 11.5 Å². The van der Waals surface area contributed by atoms with Gasteiger partial charge < -0.3 is 9.47 Å². The number of esters is 2. The Balaban J connectivity index is 0. The van der Waals surface area contributed by atoms with Gasteiger partial charge in [0.15, 0.2) is 9.84 Å². The zero-order valence-electron chi connectivity index (χ0n) is 10.3. The molecule has 0 aromatic heterocycles. The largest absolute Gasteiger partial charge is 0.461 e. The maximum absolute atomic E-state index is 11.3. The Bertz CT molecular complexity index is 369. The van der Waals surface area contributed by atoms with E-state index in [9.17, 15) is 18.0 Å². The molecule has 0 fully saturated rings. The molecule has 0 bridgehead atoms. The Labute approximate surface area is 128 Å². The normalized spacial score (nSPS) is 9.78. The van der Waals surface area contributed by atoms with Crippen LogP contribution >= 0.6 is 0 Å². The van der Waals surface area contributed by atoms with E-state index in [1.807, 2.05) is 0 Å². The minimum absolute atomic E-state index is 0. The van der Waals surface area contributed by atoms with Gasteiger partial charge >= 0.3 is 11.9 Å². The van der Waals surface area contributed by atoms with E-state index in [4.69, 9.17) is 0 Å². The summed E-state index contributed by atoms with van der Waals surface area (Å²) in [6.07, 6.45) is 1.89. The first-order chi connectivity index (χ1) is 7.91. The first kappa shape index (κ1) is 19.7. The Kier molecular flexibility index (Phi) is 11.3. The van der Waals surface area contributed by atoms with Crippen LogP contribution < -0.4 is 0 Å². The fourth-order valence-corrected chi connectivity index (χ4v) is 1.64. The van der Waals surface area contributed by atoms with E-state index in [2.05, 4.69) is 22.6 Å². The first-order valence-corrected chi connectivity index (χ1v) is 6.52. The number of hydrogen-bond acceptors (Lipinski definition) is 6. The molecule has 0 aliphatic heterocycles. The molecule has 8 heteroatoms. The maximum atomic E-state index is 11.3. The molecule has 0 spiro atoms. The van der Waals surface area contributed by atoms with Crippen molar-refractivity contribution in [3.05, 3.63) is 25.3 Å². The van der Waals surface area contributed by atoms with Gasteiger partial charge in [-0.2, -0.15) is 0 Å². The van der Waals surface area contributed by atoms with Gasteiger partial charge in [0, 0.05) is 41.7 Å². The third-order valence-corrected chi connectivity index (χ3v) is 3.19. The van der Waals surface area contributed by atoms with Crippen molar-refractivity contribution in [2.45, 2.75) is 0 Å². The molecule has 0 saturated carbocycles. The maximum Gasteiger partial charge on any atom is 0.330 e. The zero-order chi connectivity index (χ0) is 13.3. The van der Waals surface area contributed by atoms with Crippen molar-refractivity contribution >= 4 is 51.3 Å². The Morgan fingerprint density at radius 2 is 1.28 bits per heavy atom. The van der Waals surface area contributed by atoms with Crippen molar-refractivity contribution in [2.75, 3.05) is 24.7 Å². The molecule has 0 aliphatic carbocycles. The second kappa shape index (κ2) is 10.3. The van der Waals surface area contributed by atoms with Crippen LogP contribution in [-0.2, 0) is 28.9 Å². The molecule has 0 atom stereocenters. The number of carbonyl (C=O) groups is 2. The first-order valence-electron chi connectivity index (χ1n) is 4.70. The molecule has 18 heavy (non-hydrogen) atoms. The molecule has 0 unspecified atom stereocenters. The van der Waals surface area contributed by atoms with Crippen LogP contribution in [0.5, 0.6) is 0 Å². The molecule has 0 amide bonds. The molecular weight excluding hydrogens is 271 g/mol. The van der Waals surface area contributed by atoms with Gasteiger partial charge in [-0.25, -0.2) is 18.0 Å². The summed E-state index contributed by atoms with van der Waals surface area (Å²) in [5.41, 5.74) is 0. The van der Waals surface area contributed by atoms with E-state index in [0.717, 1.165) is 12.2 Å². The van der Waals surface area contributed by atoms with Crippen LogP contribution in [0.1, 0.15) is 0 Å². The van der Waals surface area contributed by atoms with Crippen molar-refractivity contribution in [2.24, 2.45) is 0 Å². The van der Waals surface area contributed by atoms with Gasteiger partial charge in [0.25, 0.3) is 0 Å². The molecule has 0 aliphatic rings. The van der Waals surface area contributed by atoms with Gasteiger partial charge in [0.2, 0.25) is 0 Å². The van der Waals surface area contributed by atoms with Crippen LogP contribution in [0.25, 0.3) is 0 Å². The average molecular weight is 285 g/mol. The van der Waals surface area contributed by atoms with E-state index in [1.54, 1.807) is 0 Å². The second-order valence-corrected chi connectivity index (χ2v) is 5.20. The third kappa shape index (κ3) is 10.5. The van der Waals surface area contributed by atoms with E-state index in [-0.39, 0.29) is 54.3 Å². The van der Waals surface area contributed by atoms with E-state index < -0.39 is 21.8 Å². The predicted octanol–water partition coefficient (Wildman–Crippen LogP) is -0.521. The smallest absolute Gasteiger partial charge is 0.330 e. The van der Waals surface area contributed by atoms with Crippen LogP contribution in [0.3, 0.4) is 0 Å². The quantitative estimate of drug-likeness (QED) is 0.339. The number of sulfone groups is 1. The number of hydrogen-bond donors (Lipinski definition) is 0. The minimum atomic E-state index is -3.41. The molecule has 0 rings (SSSR count). The molecule has 97 valence electrons. The predicted molar refractivity (Wildman–Crippen MR) is 66.7 cm³/mol. The molecule has 6 nitrogen and oxygen atoms in total. The third-order valence-electron chi connectivity index (χ3n) is 1.61. The van der Waals surface area contributed by atoms with Crippen LogP contribution in [0.2, 0.25) is 0 Å². The summed E-state index contributed by atoms with van der Waals surface area (Å²) in [6, 6.07) is 0. The number of rotatable bonds is 8. The second-order valence-electron chi connectivity index (χ2n) is 2.90.